The van der Waals surface area contributed by atoms with Crippen molar-refractivity contribution >= 4 is 33.2 Å². The number of carbonyl (C=O) groups excluding carboxylic acids is 1. The molecule has 70 valence electrons. The summed E-state index contributed by atoms with van der Waals surface area (Å²) in [7, 11) is -4.06. The molecular weight excluding hydrogens is 218 g/mol. The number of hydrogen-bond donors (Lipinski definition) is 0. The summed E-state index contributed by atoms with van der Waals surface area (Å²) in [5.74, 6) is 0. The summed E-state index contributed by atoms with van der Waals surface area (Å²) in [5.41, 5.74) is 0. The van der Waals surface area contributed by atoms with Crippen LogP contribution in [0.3, 0.4) is 0 Å². The number of aliphatic imine (C=N–C) groups is 1. The lowest BCUT2D eigenvalue weighted by Gasteiger charge is -2.18. The van der Waals surface area contributed by atoms with Gasteiger partial charge in [0.25, 0.3) is 6.08 Å². The molecule has 13 heavy (non-hydrogen) atoms. The molecule has 0 unspecified atom stereocenters. The Balaban J connectivity index is 3.04. The van der Waals surface area contributed by atoms with Crippen LogP contribution in [0.15, 0.2) is 21.7 Å². The van der Waals surface area contributed by atoms with Crippen LogP contribution < -0.4 is 0 Å². The lowest BCUT2D eigenvalue weighted by Crippen LogP contribution is -2.34. The molecule has 0 radical (unpaired) electrons. The first-order valence-electron chi connectivity index (χ1n) is 3.08. The van der Waals surface area contributed by atoms with E-state index >= 15 is 0 Å². The molecule has 1 aliphatic heterocycles. The fourth-order valence-electron chi connectivity index (χ4n) is 0.683. The van der Waals surface area contributed by atoms with Gasteiger partial charge >= 0.3 is 10.2 Å². The van der Waals surface area contributed by atoms with E-state index in [9.17, 15) is 13.2 Å². The van der Waals surface area contributed by atoms with Crippen molar-refractivity contribution in [3.63, 3.8) is 0 Å². The maximum atomic E-state index is 11.1. The van der Waals surface area contributed by atoms with Crippen LogP contribution in [0.25, 0.3) is 0 Å². The fourth-order valence-corrected chi connectivity index (χ4v) is 1.77. The molecule has 0 aromatic rings. The van der Waals surface area contributed by atoms with Crippen LogP contribution in [0.2, 0.25) is 0 Å². The zero-order valence-corrected chi connectivity index (χ0v) is 7.79. The summed E-state index contributed by atoms with van der Waals surface area (Å²) in [6.07, 6.45) is 3.76. The second kappa shape index (κ2) is 3.69. The van der Waals surface area contributed by atoms with E-state index in [-0.39, 0.29) is 11.8 Å². The standard InChI is InChI=1S/C5H4ClN3O3S/c6-5-7-2-1-3-9(5)13(11,12)8-4-10/h1-2H,3H2. The first-order valence-corrected chi connectivity index (χ1v) is 4.85. The van der Waals surface area contributed by atoms with E-state index < -0.39 is 10.2 Å². The van der Waals surface area contributed by atoms with Crippen LogP contribution in [0.5, 0.6) is 0 Å². The van der Waals surface area contributed by atoms with Crippen LogP contribution in [-0.2, 0) is 15.0 Å². The number of halogens is 1. The van der Waals surface area contributed by atoms with Gasteiger partial charge in [0.15, 0.2) is 0 Å². The topological polar surface area (TPSA) is 79.2 Å². The first kappa shape index (κ1) is 9.91. The largest absolute Gasteiger partial charge is 0.357 e. The molecule has 0 fully saturated rings. The summed E-state index contributed by atoms with van der Waals surface area (Å²) in [5, 5.41) is -0.249. The lowest BCUT2D eigenvalue weighted by atomic mass is 10.6. The number of amidine groups is 1. The van der Waals surface area contributed by atoms with Gasteiger partial charge in [0.05, 0.1) is 6.54 Å². The zero-order chi connectivity index (χ0) is 9.90. The molecule has 1 rings (SSSR count). The molecule has 1 aliphatic rings. The summed E-state index contributed by atoms with van der Waals surface area (Å²) in [6.45, 7) is 0.00977. The fraction of sp³-hybridized carbons (Fsp3) is 0.200. The second-order valence-corrected chi connectivity index (χ2v) is 3.83. The molecule has 0 aliphatic carbocycles. The van der Waals surface area contributed by atoms with Gasteiger partial charge in [-0.15, -0.1) is 0 Å². The molecule has 0 saturated heterocycles. The molecule has 8 heteroatoms. The maximum absolute atomic E-state index is 11.1. The van der Waals surface area contributed by atoms with Gasteiger partial charge in [-0.25, -0.2) is 14.1 Å². The average Bonchev–Trinajstić information content (AvgIpc) is 2.04. The SMILES string of the molecule is O=C=NS(=O)(=O)N1CC=CN=C1Cl. The van der Waals surface area contributed by atoms with Crippen molar-refractivity contribution in [1.82, 2.24) is 4.31 Å². The van der Waals surface area contributed by atoms with Crippen LogP contribution in [0, 0.1) is 0 Å². The molecule has 0 amide bonds. The number of nitrogens with zero attached hydrogens (tertiary/aromatic N) is 3. The summed E-state index contributed by atoms with van der Waals surface area (Å²) >= 11 is 5.46. The second-order valence-electron chi connectivity index (χ2n) is 1.97. The van der Waals surface area contributed by atoms with Gasteiger partial charge < -0.3 is 0 Å². The highest BCUT2D eigenvalue weighted by atomic mass is 35.5. The van der Waals surface area contributed by atoms with Crippen molar-refractivity contribution in [2.45, 2.75) is 0 Å². The monoisotopic (exact) mass is 221 g/mol. The van der Waals surface area contributed by atoms with E-state index in [0.29, 0.717) is 4.31 Å². The Kier molecular flexibility index (Phi) is 2.82. The number of isocyanates is 1. The minimum absolute atomic E-state index is 0.00977. The van der Waals surface area contributed by atoms with E-state index in [0.717, 1.165) is 6.08 Å². The molecule has 0 atom stereocenters. The first-order chi connectivity index (χ1) is 6.08. The quantitative estimate of drug-likeness (QED) is 0.374. The predicted molar refractivity (Wildman–Crippen MR) is 46.2 cm³/mol. The molecule has 0 bridgehead atoms. The normalized spacial score (nSPS) is 16.4. The molecular formula is C5H4ClN3O3S. The van der Waals surface area contributed by atoms with Gasteiger partial charge in [-0.3, -0.25) is 0 Å². The summed E-state index contributed by atoms with van der Waals surface area (Å²) in [6, 6.07) is 0. The lowest BCUT2D eigenvalue weighted by molar-refractivity contribution is 0.538. The minimum atomic E-state index is -4.06. The van der Waals surface area contributed by atoms with E-state index in [2.05, 4.69) is 9.39 Å². The smallest absolute Gasteiger partial charge is 0.228 e. The minimum Gasteiger partial charge on any atom is -0.228 e. The number of rotatable bonds is 2. The zero-order valence-electron chi connectivity index (χ0n) is 6.21. The van der Waals surface area contributed by atoms with Crippen LogP contribution in [0.4, 0.5) is 0 Å². The highest BCUT2D eigenvalue weighted by Crippen LogP contribution is 2.10. The summed E-state index contributed by atoms with van der Waals surface area (Å²) in [4.78, 5) is 13.3. The van der Waals surface area contributed by atoms with Crippen molar-refractivity contribution in [3.05, 3.63) is 12.3 Å². The Morgan fingerprint density at radius 1 is 1.69 bits per heavy atom. The molecule has 0 saturated carbocycles. The molecule has 1 heterocycles. The molecule has 6 nitrogen and oxygen atoms in total. The third-order valence-corrected chi connectivity index (χ3v) is 2.78. The van der Waals surface area contributed by atoms with E-state index in [1.54, 1.807) is 0 Å². The van der Waals surface area contributed by atoms with Gasteiger partial charge in [0.2, 0.25) is 5.29 Å². The maximum Gasteiger partial charge on any atom is 0.357 e. The highest BCUT2D eigenvalue weighted by molar-refractivity contribution is 7.88. The van der Waals surface area contributed by atoms with Gasteiger partial charge in [-0.1, -0.05) is 4.40 Å². The van der Waals surface area contributed by atoms with Crippen LogP contribution in [0.1, 0.15) is 0 Å². The Morgan fingerprint density at radius 3 is 2.92 bits per heavy atom. The van der Waals surface area contributed by atoms with E-state index in [1.807, 2.05) is 0 Å². The van der Waals surface area contributed by atoms with Crippen LogP contribution >= 0.6 is 11.6 Å². The third kappa shape index (κ3) is 2.15. The van der Waals surface area contributed by atoms with Gasteiger partial charge in [-0.05, 0) is 17.7 Å². The Bertz CT molecular complexity index is 407. The van der Waals surface area contributed by atoms with Crippen molar-refractivity contribution in [2.75, 3.05) is 6.54 Å². The average molecular weight is 222 g/mol. The predicted octanol–water partition coefficient (Wildman–Crippen LogP) is -0.00890. The Labute approximate surface area is 79.4 Å². The third-order valence-electron chi connectivity index (χ3n) is 1.19. The van der Waals surface area contributed by atoms with E-state index in [1.165, 1.54) is 12.3 Å². The highest BCUT2D eigenvalue weighted by Gasteiger charge is 2.24. The van der Waals surface area contributed by atoms with Crippen molar-refractivity contribution in [1.29, 1.82) is 0 Å². The van der Waals surface area contributed by atoms with Gasteiger partial charge in [0, 0.05) is 6.20 Å². The Morgan fingerprint density at radius 2 is 2.38 bits per heavy atom. The Hall–Kier alpha value is -1.17. The molecule has 0 spiro atoms. The van der Waals surface area contributed by atoms with Crippen molar-refractivity contribution in [2.24, 2.45) is 9.39 Å². The summed E-state index contributed by atoms with van der Waals surface area (Å²) < 4.78 is 25.5. The molecule has 0 N–H and O–H groups in total. The van der Waals surface area contributed by atoms with Crippen molar-refractivity contribution < 1.29 is 13.2 Å². The molecule has 0 aromatic carbocycles. The van der Waals surface area contributed by atoms with E-state index in [4.69, 9.17) is 11.6 Å². The van der Waals surface area contributed by atoms with Crippen molar-refractivity contribution in [3.8, 4) is 0 Å². The van der Waals surface area contributed by atoms with Gasteiger partial charge in [0.1, 0.15) is 0 Å². The molecule has 0 aromatic heterocycles. The number of hydrogen-bond acceptors (Lipinski definition) is 4. The van der Waals surface area contributed by atoms with Gasteiger partial charge in [-0.2, -0.15) is 8.42 Å². The van der Waals surface area contributed by atoms with Crippen LogP contribution in [-0.4, -0.2) is 30.6 Å².